The minimum atomic E-state index is 0.427. The monoisotopic (exact) mass is 295 g/mol. The van der Waals surface area contributed by atoms with Crippen molar-refractivity contribution in [3.05, 3.63) is 77.9 Å². The molecule has 1 aromatic heterocycles. The van der Waals surface area contributed by atoms with E-state index in [2.05, 4.69) is 39.1 Å². The van der Waals surface area contributed by atoms with Gasteiger partial charge in [0.15, 0.2) is 0 Å². The Bertz CT molecular complexity index is 655. The highest BCUT2D eigenvalue weighted by atomic mass is 32.1. The molecule has 0 unspecified atom stereocenters. The summed E-state index contributed by atoms with van der Waals surface area (Å²) < 4.78 is 9.20. The van der Waals surface area contributed by atoms with Crippen molar-refractivity contribution in [1.29, 1.82) is 0 Å². The summed E-state index contributed by atoms with van der Waals surface area (Å²) in [4.78, 5) is 0. The number of ether oxygens (including phenoxy) is 1. The van der Waals surface area contributed by atoms with Crippen molar-refractivity contribution in [2.45, 2.75) is 0 Å². The van der Waals surface area contributed by atoms with Crippen molar-refractivity contribution in [2.75, 3.05) is 6.61 Å². The molecule has 4 nitrogen and oxygen atoms in total. The quantitative estimate of drug-likeness (QED) is 0.723. The van der Waals surface area contributed by atoms with Crippen molar-refractivity contribution in [3.8, 4) is 5.19 Å². The number of nitrogens with zero attached hydrogens (tertiary/aromatic N) is 3. The molecular formula is C16H13N3OS. The average Bonchev–Trinajstić information content (AvgIpc) is 3.07. The van der Waals surface area contributed by atoms with E-state index in [-0.39, 0.29) is 0 Å². The van der Waals surface area contributed by atoms with Gasteiger partial charge in [0.25, 0.3) is 0 Å². The summed E-state index contributed by atoms with van der Waals surface area (Å²) in [6.07, 6.45) is 2.05. The average molecular weight is 295 g/mol. The molecule has 0 aliphatic carbocycles. The van der Waals surface area contributed by atoms with E-state index in [1.165, 1.54) is 0 Å². The molecule has 104 valence electrons. The highest BCUT2D eigenvalue weighted by Gasteiger charge is 2.04. The van der Waals surface area contributed by atoms with Crippen LogP contribution < -0.4 is 4.74 Å². The maximum atomic E-state index is 5.53. The first-order chi connectivity index (χ1) is 10.4. The topological polar surface area (TPSA) is 47.9 Å². The van der Waals surface area contributed by atoms with Crippen LogP contribution in [0.25, 0.3) is 5.57 Å². The molecule has 0 atom stereocenters. The van der Waals surface area contributed by atoms with Gasteiger partial charge in [-0.3, -0.25) is 0 Å². The van der Waals surface area contributed by atoms with Crippen LogP contribution in [-0.2, 0) is 0 Å². The summed E-state index contributed by atoms with van der Waals surface area (Å²) in [7, 11) is 0. The largest absolute Gasteiger partial charge is 0.464 e. The van der Waals surface area contributed by atoms with Crippen LogP contribution in [0.1, 0.15) is 11.1 Å². The fourth-order valence-corrected chi connectivity index (χ4v) is 2.35. The normalized spacial score (nSPS) is 10.1. The van der Waals surface area contributed by atoms with E-state index >= 15 is 0 Å². The van der Waals surface area contributed by atoms with Gasteiger partial charge in [0.05, 0.1) is 0 Å². The lowest BCUT2D eigenvalue weighted by atomic mass is 9.98. The van der Waals surface area contributed by atoms with Crippen LogP contribution in [0.5, 0.6) is 5.19 Å². The third kappa shape index (κ3) is 3.52. The maximum absolute atomic E-state index is 5.53. The zero-order valence-electron chi connectivity index (χ0n) is 11.2. The molecule has 0 saturated carbocycles. The van der Waals surface area contributed by atoms with Crippen molar-refractivity contribution in [2.24, 2.45) is 0 Å². The van der Waals surface area contributed by atoms with Crippen LogP contribution in [0.2, 0.25) is 0 Å². The van der Waals surface area contributed by atoms with Crippen LogP contribution in [0.4, 0.5) is 0 Å². The van der Waals surface area contributed by atoms with Crippen molar-refractivity contribution in [1.82, 2.24) is 14.8 Å². The van der Waals surface area contributed by atoms with Gasteiger partial charge in [-0.2, -0.15) is 0 Å². The predicted octanol–water partition coefficient (Wildman–Crippen LogP) is 3.44. The molecular weight excluding hydrogens is 282 g/mol. The predicted molar refractivity (Wildman–Crippen MR) is 83.2 cm³/mol. The van der Waals surface area contributed by atoms with Crippen molar-refractivity contribution >= 4 is 17.1 Å². The van der Waals surface area contributed by atoms with Gasteiger partial charge in [-0.1, -0.05) is 70.3 Å². The second-order valence-corrected chi connectivity index (χ2v) is 4.98. The minimum absolute atomic E-state index is 0.427. The first kappa shape index (κ1) is 13.5. The second-order valence-electron chi connectivity index (χ2n) is 4.29. The van der Waals surface area contributed by atoms with Crippen LogP contribution in [0, 0.1) is 0 Å². The Labute approximate surface area is 126 Å². The van der Waals surface area contributed by atoms with E-state index in [1.807, 2.05) is 42.5 Å². The Balaban J connectivity index is 1.85. The van der Waals surface area contributed by atoms with Gasteiger partial charge in [0.2, 0.25) is 0 Å². The molecule has 0 bridgehead atoms. The zero-order chi connectivity index (χ0) is 14.3. The maximum Gasteiger partial charge on any atom is 0.314 e. The number of hydrogen-bond acceptors (Lipinski definition) is 5. The van der Waals surface area contributed by atoms with Gasteiger partial charge in [-0.25, -0.2) is 0 Å². The van der Waals surface area contributed by atoms with Gasteiger partial charge < -0.3 is 4.74 Å². The Morgan fingerprint density at radius 3 is 2.10 bits per heavy atom. The highest BCUT2D eigenvalue weighted by Crippen LogP contribution is 2.23. The van der Waals surface area contributed by atoms with E-state index in [4.69, 9.17) is 4.74 Å². The smallest absolute Gasteiger partial charge is 0.314 e. The molecule has 0 amide bonds. The molecule has 1 heterocycles. The van der Waals surface area contributed by atoms with Crippen molar-refractivity contribution < 1.29 is 4.74 Å². The molecule has 2 aromatic carbocycles. The van der Waals surface area contributed by atoms with Gasteiger partial charge in [-0.15, -0.1) is 0 Å². The van der Waals surface area contributed by atoms with Crippen molar-refractivity contribution in [3.63, 3.8) is 0 Å². The lowest BCUT2D eigenvalue weighted by molar-refractivity contribution is 0.357. The van der Waals surface area contributed by atoms with Gasteiger partial charge >= 0.3 is 5.19 Å². The first-order valence-electron chi connectivity index (χ1n) is 6.52. The third-order valence-corrected chi connectivity index (χ3v) is 3.46. The Kier molecular flexibility index (Phi) is 4.33. The fourth-order valence-electron chi connectivity index (χ4n) is 2.02. The van der Waals surface area contributed by atoms with Gasteiger partial charge in [0.1, 0.15) is 6.61 Å². The van der Waals surface area contributed by atoms with Gasteiger partial charge in [0, 0.05) is 11.5 Å². The van der Waals surface area contributed by atoms with Crippen LogP contribution in [-0.4, -0.2) is 21.4 Å². The lowest BCUT2D eigenvalue weighted by Gasteiger charge is -2.08. The third-order valence-electron chi connectivity index (χ3n) is 2.95. The summed E-state index contributed by atoms with van der Waals surface area (Å²) in [5.41, 5.74) is 3.44. The molecule has 0 spiro atoms. The molecule has 5 heteroatoms. The van der Waals surface area contributed by atoms with E-state index < -0.39 is 0 Å². The van der Waals surface area contributed by atoms with Crippen LogP contribution in [0.3, 0.4) is 0 Å². The number of aromatic nitrogens is 3. The summed E-state index contributed by atoms with van der Waals surface area (Å²) in [6.45, 7) is 0.427. The SMILES string of the molecule is C(COc1nnns1)=C(c1ccccc1)c1ccccc1. The molecule has 3 rings (SSSR count). The summed E-state index contributed by atoms with van der Waals surface area (Å²) in [6, 6.07) is 20.5. The lowest BCUT2D eigenvalue weighted by Crippen LogP contribution is -1.96. The van der Waals surface area contributed by atoms with E-state index in [9.17, 15) is 0 Å². The first-order valence-corrected chi connectivity index (χ1v) is 7.29. The van der Waals surface area contributed by atoms with Crippen LogP contribution >= 0.6 is 11.5 Å². The Morgan fingerprint density at radius 1 is 0.952 bits per heavy atom. The number of benzene rings is 2. The molecule has 0 aliphatic heterocycles. The summed E-state index contributed by atoms with van der Waals surface area (Å²) in [5, 5.41) is 7.75. The van der Waals surface area contributed by atoms with E-state index in [0.29, 0.717) is 11.8 Å². The molecule has 0 N–H and O–H groups in total. The molecule has 3 aromatic rings. The second kappa shape index (κ2) is 6.76. The standard InChI is InChI=1S/C16H13N3OS/c1-3-7-13(8-4-1)15(14-9-5-2-6-10-14)11-12-20-16-17-18-19-21-16/h1-11H,12H2. The van der Waals surface area contributed by atoms with Gasteiger partial charge in [-0.05, 0) is 28.0 Å². The molecule has 0 saturated heterocycles. The number of hydrogen-bond donors (Lipinski definition) is 0. The molecule has 21 heavy (non-hydrogen) atoms. The molecule has 0 fully saturated rings. The summed E-state index contributed by atoms with van der Waals surface area (Å²) >= 11 is 1.14. The summed E-state index contributed by atoms with van der Waals surface area (Å²) in [5.74, 6) is 0. The van der Waals surface area contributed by atoms with E-state index in [1.54, 1.807) is 0 Å². The highest BCUT2D eigenvalue weighted by molar-refractivity contribution is 7.07. The molecule has 0 aliphatic rings. The van der Waals surface area contributed by atoms with E-state index in [0.717, 1.165) is 28.2 Å². The van der Waals surface area contributed by atoms with Crippen LogP contribution in [0.15, 0.2) is 66.7 Å². The number of rotatable bonds is 5. The zero-order valence-corrected chi connectivity index (χ0v) is 12.0. The fraction of sp³-hybridized carbons (Fsp3) is 0.0625. The Hall–Kier alpha value is -2.53. The minimum Gasteiger partial charge on any atom is -0.464 e. The Morgan fingerprint density at radius 2 is 1.57 bits per heavy atom. The molecule has 0 radical (unpaired) electrons.